The molecular weight excluding hydrogens is 360 g/mol. The molecular formula is C20H22N4O2S. The zero-order valence-corrected chi connectivity index (χ0v) is 16.0. The molecule has 0 spiro atoms. The highest BCUT2D eigenvalue weighted by Crippen LogP contribution is 2.13. The Bertz CT molecular complexity index is 888. The molecule has 2 N–H and O–H groups in total. The van der Waals surface area contributed by atoms with E-state index in [0.29, 0.717) is 37.3 Å². The lowest BCUT2D eigenvalue weighted by Crippen LogP contribution is -2.25. The molecule has 1 aromatic carbocycles. The fourth-order valence-corrected chi connectivity index (χ4v) is 3.31. The van der Waals surface area contributed by atoms with E-state index in [9.17, 15) is 9.59 Å². The molecule has 0 aliphatic rings. The van der Waals surface area contributed by atoms with Crippen molar-refractivity contribution in [3.63, 3.8) is 0 Å². The van der Waals surface area contributed by atoms with Crippen molar-refractivity contribution in [1.82, 2.24) is 15.1 Å². The molecule has 0 atom stereocenters. The van der Waals surface area contributed by atoms with E-state index in [4.69, 9.17) is 0 Å². The summed E-state index contributed by atoms with van der Waals surface area (Å²) in [5.74, 6) is 0.492. The second kappa shape index (κ2) is 9.14. The van der Waals surface area contributed by atoms with Crippen molar-refractivity contribution >= 4 is 29.0 Å². The highest BCUT2D eigenvalue weighted by atomic mass is 32.1. The number of benzene rings is 1. The first-order valence-electron chi connectivity index (χ1n) is 8.80. The Kier molecular flexibility index (Phi) is 6.38. The van der Waals surface area contributed by atoms with Gasteiger partial charge in [0.2, 0.25) is 5.91 Å². The minimum absolute atomic E-state index is 0.0889. The van der Waals surface area contributed by atoms with Crippen LogP contribution in [0, 0.1) is 6.92 Å². The third-order valence-electron chi connectivity index (χ3n) is 3.99. The van der Waals surface area contributed by atoms with Crippen molar-refractivity contribution in [1.29, 1.82) is 0 Å². The zero-order chi connectivity index (χ0) is 19.1. The Morgan fingerprint density at radius 2 is 2.00 bits per heavy atom. The fraction of sp³-hybridized carbons (Fsp3) is 0.250. The third kappa shape index (κ3) is 5.52. The molecule has 27 heavy (non-hydrogen) atoms. The minimum Gasteiger partial charge on any atom is -0.352 e. The highest BCUT2D eigenvalue weighted by Gasteiger charge is 2.10. The van der Waals surface area contributed by atoms with Crippen LogP contribution in [0.4, 0.5) is 5.82 Å². The maximum Gasteiger partial charge on any atom is 0.252 e. The van der Waals surface area contributed by atoms with Crippen molar-refractivity contribution in [3.05, 3.63) is 70.0 Å². The second-order valence-corrected chi connectivity index (χ2v) is 7.01. The molecule has 0 bridgehead atoms. The number of hydrogen-bond donors (Lipinski definition) is 2. The SMILES string of the molecule is Cc1cc(NC(=O)CCCNC(=O)c2ccsc2)n(Cc2ccccc2)n1. The number of thiophene rings is 1. The summed E-state index contributed by atoms with van der Waals surface area (Å²) in [6.07, 6.45) is 0.910. The Labute approximate surface area is 162 Å². The fourth-order valence-electron chi connectivity index (χ4n) is 2.67. The van der Waals surface area contributed by atoms with Crippen LogP contribution in [-0.4, -0.2) is 28.1 Å². The number of hydrogen-bond acceptors (Lipinski definition) is 4. The van der Waals surface area contributed by atoms with E-state index in [0.717, 1.165) is 11.3 Å². The molecule has 6 nitrogen and oxygen atoms in total. The number of nitrogens with one attached hydrogen (secondary N) is 2. The first-order valence-corrected chi connectivity index (χ1v) is 9.75. The number of aryl methyl sites for hydroxylation is 1. The molecule has 0 radical (unpaired) electrons. The number of anilines is 1. The molecule has 0 saturated heterocycles. The van der Waals surface area contributed by atoms with Gasteiger partial charge in [0, 0.05) is 30.0 Å². The van der Waals surface area contributed by atoms with E-state index in [1.165, 1.54) is 11.3 Å². The van der Waals surface area contributed by atoms with Gasteiger partial charge >= 0.3 is 0 Å². The first-order chi connectivity index (χ1) is 13.1. The minimum atomic E-state index is -0.103. The number of aromatic nitrogens is 2. The maximum atomic E-state index is 12.2. The molecule has 0 saturated carbocycles. The summed E-state index contributed by atoms with van der Waals surface area (Å²) in [6, 6.07) is 13.6. The lowest BCUT2D eigenvalue weighted by atomic mass is 10.2. The van der Waals surface area contributed by atoms with Gasteiger partial charge in [0.25, 0.3) is 5.91 Å². The van der Waals surface area contributed by atoms with Gasteiger partial charge in [0.15, 0.2) is 0 Å². The molecule has 0 aliphatic heterocycles. The molecule has 0 unspecified atom stereocenters. The predicted molar refractivity (Wildman–Crippen MR) is 107 cm³/mol. The number of rotatable bonds is 8. The average molecular weight is 382 g/mol. The Morgan fingerprint density at radius 3 is 2.74 bits per heavy atom. The van der Waals surface area contributed by atoms with Crippen molar-refractivity contribution in [3.8, 4) is 0 Å². The molecule has 3 rings (SSSR count). The maximum absolute atomic E-state index is 12.2. The highest BCUT2D eigenvalue weighted by molar-refractivity contribution is 7.08. The van der Waals surface area contributed by atoms with Crippen LogP contribution in [0.25, 0.3) is 0 Å². The summed E-state index contributed by atoms with van der Waals surface area (Å²) in [4.78, 5) is 24.1. The molecule has 3 aromatic rings. The van der Waals surface area contributed by atoms with Crippen LogP contribution >= 0.6 is 11.3 Å². The normalized spacial score (nSPS) is 10.6. The van der Waals surface area contributed by atoms with Crippen LogP contribution in [0.15, 0.2) is 53.2 Å². The van der Waals surface area contributed by atoms with Crippen molar-refractivity contribution in [2.45, 2.75) is 26.3 Å². The number of carbonyl (C=O) groups is 2. The second-order valence-electron chi connectivity index (χ2n) is 6.23. The molecule has 7 heteroatoms. The molecule has 0 fully saturated rings. The van der Waals surface area contributed by atoms with Gasteiger partial charge < -0.3 is 10.6 Å². The summed E-state index contributed by atoms with van der Waals surface area (Å²) in [6.45, 7) is 2.96. The molecule has 2 heterocycles. The standard InChI is InChI=1S/C20H22N4O2S/c1-15-12-18(24(23-15)13-16-6-3-2-4-7-16)22-19(25)8-5-10-21-20(26)17-9-11-27-14-17/h2-4,6-7,9,11-12,14H,5,8,10,13H2,1H3,(H,21,26)(H,22,25). The van der Waals surface area contributed by atoms with E-state index < -0.39 is 0 Å². The van der Waals surface area contributed by atoms with Crippen LogP contribution in [0.2, 0.25) is 0 Å². The van der Waals surface area contributed by atoms with Crippen molar-refractivity contribution < 1.29 is 9.59 Å². The van der Waals surface area contributed by atoms with Crippen LogP contribution in [0.1, 0.15) is 34.5 Å². The van der Waals surface area contributed by atoms with Gasteiger partial charge in [0.05, 0.1) is 12.2 Å². The van der Waals surface area contributed by atoms with Gasteiger partial charge in [-0.25, -0.2) is 4.68 Å². The molecule has 2 amide bonds. The molecule has 140 valence electrons. The largest absolute Gasteiger partial charge is 0.352 e. The van der Waals surface area contributed by atoms with E-state index >= 15 is 0 Å². The summed E-state index contributed by atoms with van der Waals surface area (Å²) in [5.41, 5.74) is 2.63. The van der Waals surface area contributed by atoms with Crippen LogP contribution in [0.5, 0.6) is 0 Å². The topological polar surface area (TPSA) is 76.0 Å². The summed E-state index contributed by atoms with van der Waals surface area (Å²) >= 11 is 1.48. The van der Waals surface area contributed by atoms with E-state index in [2.05, 4.69) is 15.7 Å². The first kappa shape index (κ1) is 18.8. The smallest absolute Gasteiger partial charge is 0.252 e. The summed E-state index contributed by atoms with van der Waals surface area (Å²) < 4.78 is 1.79. The van der Waals surface area contributed by atoms with Crippen LogP contribution in [0.3, 0.4) is 0 Å². The van der Waals surface area contributed by atoms with Crippen molar-refractivity contribution in [2.75, 3.05) is 11.9 Å². The Hall–Kier alpha value is -2.93. The van der Waals surface area contributed by atoms with E-state index in [-0.39, 0.29) is 11.8 Å². The number of nitrogens with zero attached hydrogens (tertiary/aromatic N) is 2. The van der Waals surface area contributed by atoms with Gasteiger partial charge in [-0.1, -0.05) is 30.3 Å². The summed E-state index contributed by atoms with van der Waals surface area (Å²) in [7, 11) is 0. The summed E-state index contributed by atoms with van der Waals surface area (Å²) in [5, 5.41) is 13.9. The zero-order valence-electron chi connectivity index (χ0n) is 15.1. The number of carbonyl (C=O) groups excluding carboxylic acids is 2. The average Bonchev–Trinajstić information content (AvgIpc) is 3.30. The van der Waals surface area contributed by atoms with Gasteiger partial charge in [-0.2, -0.15) is 16.4 Å². The Balaban J connectivity index is 1.47. The van der Waals surface area contributed by atoms with Gasteiger partial charge in [-0.3, -0.25) is 9.59 Å². The van der Waals surface area contributed by atoms with E-state index in [1.807, 2.05) is 48.7 Å². The monoisotopic (exact) mass is 382 g/mol. The quantitative estimate of drug-likeness (QED) is 0.586. The Morgan fingerprint density at radius 1 is 1.19 bits per heavy atom. The lowest BCUT2D eigenvalue weighted by Gasteiger charge is -2.09. The number of amides is 2. The van der Waals surface area contributed by atoms with Gasteiger partial charge in [-0.05, 0) is 30.4 Å². The van der Waals surface area contributed by atoms with Gasteiger partial charge in [0.1, 0.15) is 5.82 Å². The van der Waals surface area contributed by atoms with Crippen LogP contribution < -0.4 is 10.6 Å². The third-order valence-corrected chi connectivity index (χ3v) is 4.68. The van der Waals surface area contributed by atoms with Crippen LogP contribution in [-0.2, 0) is 11.3 Å². The van der Waals surface area contributed by atoms with E-state index in [1.54, 1.807) is 16.1 Å². The van der Waals surface area contributed by atoms with Gasteiger partial charge in [-0.15, -0.1) is 0 Å². The lowest BCUT2D eigenvalue weighted by molar-refractivity contribution is -0.116. The molecule has 2 aromatic heterocycles. The predicted octanol–water partition coefficient (Wildman–Crippen LogP) is 3.45. The van der Waals surface area contributed by atoms with Crippen molar-refractivity contribution in [2.24, 2.45) is 0 Å². The molecule has 0 aliphatic carbocycles.